The van der Waals surface area contributed by atoms with E-state index in [2.05, 4.69) is 9.82 Å². The Hall–Kier alpha value is -2.52. The highest BCUT2D eigenvalue weighted by Crippen LogP contribution is 2.22. The molecule has 0 aliphatic carbocycles. The van der Waals surface area contributed by atoms with Crippen molar-refractivity contribution in [2.24, 2.45) is 0 Å². The fourth-order valence-electron chi connectivity index (χ4n) is 2.47. The minimum atomic E-state index is -3.59. The average Bonchev–Trinajstić information content (AvgIpc) is 3.15. The Morgan fingerprint density at radius 2 is 1.67 bits per heavy atom. The third-order valence-electron chi connectivity index (χ3n) is 3.68. The zero-order valence-electron chi connectivity index (χ0n) is 12.8. The highest BCUT2D eigenvalue weighted by Gasteiger charge is 2.35. The van der Waals surface area contributed by atoms with Crippen LogP contribution in [-0.2, 0) is 16.6 Å². The number of imide groups is 1. The van der Waals surface area contributed by atoms with Gasteiger partial charge in [0, 0.05) is 25.5 Å². The fraction of sp³-hybridized carbons (Fsp3) is 0.267. The Morgan fingerprint density at radius 1 is 1.00 bits per heavy atom. The molecule has 24 heavy (non-hydrogen) atoms. The normalized spacial score (nSPS) is 14.2. The number of hydrogen-bond donors (Lipinski definition) is 1. The first-order chi connectivity index (χ1) is 11.5. The third kappa shape index (κ3) is 3.36. The second-order valence-corrected chi connectivity index (χ2v) is 7.22. The van der Waals surface area contributed by atoms with Crippen LogP contribution in [0.15, 0.2) is 42.7 Å². The summed E-state index contributed by atoms with van der Waals surface area (Å²) < 4.78 is 28.1. The average molecular weight is 348 g/mol. The number of sulfonamides is 1. The van der Waals surface area contributed by atoms with Crippen LogP contribution in [0.5, 0.6) is 0 Å². The fourth-order valence-corrected chi connectivity index (χ4v) is 3.44. The van der Waals surface area contributed by atoms with E-state index in [1.165, 1.54) is 0 Å². The van der Waals surface area contributed by atoms with E-state index in [0.29, 0.717) is 17.7 Å². The van der Waals surface area contributed by atoms with Gasteiger partial charge in [-0.05, 0) is 18.2 Å². The maximum absolute atomic E-state index is 12.2. The molecule has 0 bridgehead atoms. The molecule has 1 aromatic heterocycles. The van der Waals surface area contributed by atoms with Crippen molar-refractivity contribution < 1.29 is 18.0 Å². The van der Waals surface area contributed by atoms with Gasteiger partial charge < -0.3 is 0 Å². The van der Waals surface area contributed by atoms with Gasteiger partial charge in [-0.2, -0.15) is 5.10 Å². The van der Waals surface area contributed by atoms with Crippen LogP contribution in [0.1, 0.15) is 20.7 Å². The number of aromatic nitrogens is 2. The van der Waals surface area contributed by atoms with Gasteiger partial charge in [0.15, 0.2) is 0 Å². The molecule has 0 fully saturated rings. The van der Waals surface area contributed by atoms with Crippen molar-refractivity contribution in [3.05, 3.63) is 53.9 Å². The van der Waals surface area contributed by atoms with Gasteiger partial charge in [-0.15, -0.1) is 0 Å². The zero-order valence-corrected chi connectivity index (χ0v) is 13.6. The van der Waals surface area contributed by atoms with Gasteiger partial charge >= 0.3 is 0 Å². The first-order valence-electron chi connectivity index (χ1n) is 7.38. The van der Waals surface area contributed by atoms with E-state index in [1.807, 2.05) is 0 Å². The summed E-state index contributed by atoms with van der Waals surface area (Å²) >= 11 is 0. The van der Waals surface area contributed by atoms with Gasteiger partial charge in [0.25, 0.3) is 11.8 Å². The molecule has 126 valence electrons. The lowest BCUT2D eigenvalue weighted by molar-refractivity contribution is 0.0664. The van der Waals surface area contributed by atoms with Gasteiger partial charge in [-0.3, -0.25) is 19.2 Å². The van der Waals surface area contributed by atoms with Crippen LogP contribution in [-0.4, -0.2) is 53.8 Å². The van der Waals surface area contributed by atoms with Crippen molar-refractivity contribution in [1.29, 1.82) is 0 Å². The molecule has 1 N–H and O–H groups in total. The maximum atomic E-state index is 12.2. The molecule has 8 nitrogen and oxygen atoms in total. The van der Waals surface area contributed by atoms with Crippen molar-refractivity contribution in [3.63, 3.8) is 0 Å². The number of carbonyl (C=O) groups is 2. The largest absolute Gasteiger partial charge is 0.273 e. The highest BCUT2D eigenvalue weighted by atomic mass is 32.2. The third-order valence-corrected chi connectivity index (χ3v) is 5.05. The van der Waals surface area contributed by atoms with Crippen molar-refractivity contribution in [3.8, 4) is 0 Å². The Bertz CT molecular complexity index is 826. The SMILES string of the molecule is O=C1c2ccccc2C(=O)N1CCS(=O)(=O)NCCn1cccn1. The predicted octanol–water partition coefficient (Wildman–Crippen LogP) is 0.0987. The molecule has 2 amide bonds. The molecule has 0 unspecified atom stereocenters. The number of hydrogen-bond acceptors (Lipinski definition) is 5. The van der Waals surface area contributed by atoms with E-state index >= 15 is 0 Å². The van der Waals surface area contributed by atoms with E-state index in [4.69, 9.17) is 0 Å². The molecule has 1 aromatic carbocycles. The number of benzene rings is 1. The Kier molecular flexibility index (Phi) is 4.45. The van der Waals surface area contributed by atoms with Gasteiger partial charge in [0.05, 0.1) is 23.4 Å². The summed E-state index contributed by atoms with van der Waals surface area (Å²) in [6, 6.07) is 8.21. The first kappa shape index (κ1) is 16.3. The molecule has 1 aliphatic rings. The first-order valence-corrected chi connectivity index (χ1v) is 9.03. The molecule has 0 saturated carbocycles. The zero-order chi connectivity index (χ0) is 17.2. The summed E-state index contributed by atoms with van der Waals surface area (Å²) in [6.45, 7) is 0.412. The molecule has 0 spiro atoms. The Balaban J connectivity index is 1.55. The summed E-state index contributed by atoms with van der Waals surface area (Å²) in [7, 11) is -3.59. The standard InChI is InChI=1S/C15H16N4O4S/c20-14-12-4-1-2-5-13(12)15(21)19(14)10-11-24(22,23)17-7-9-18-8-3-6-16-18/h1-6,8,17H,7,9-11H2. The second-order valence-electron chi connectivity index (χ2n) is 5.29. The molecule has 2 aromatic rings. The van der Waals surface area contributed by atoms with E-state index in [0.717, 1.165) is 4.90 Å². The minimum absolute atomic E-state index is 0.177. The van der Waals surface area contributed by atoms with Gasteiger partial charge in [-0.1, -0.05) is 12.1 Å². The van der Waals surface area contributed by atoms with E-state index in [-0.39, 0.29) is 18.8 Å². The number of fused-ring (bicyclic) bond motifs is 1. The van der Waals surface area contributed by atoms with Crippen molar-refractivity contribution in [2.75, 3.05) is 18.8 Å². The lowest BCUT2D eigenvalue weighted by Gasteiger charge is -2.14. The lowest BCUT2D eigenvalue weighted by Crippen LogP contribution is -2.38. The molecule has 0 radical (unpaired) electrons. The smallest absolute Gasteiger partial charge is 0.261 e. The predicted molar refractivity (Wildman–Crippen MR) is 85.8 cm³/mol. The van der Waals surface area contributed by atoms with Crippen molar-refractivity contribution in [2.45, 2.75) is 6.54 Å². The Morgan fingerprint density at radius 3 is 2.25 bits per heavy atom. The summed E-state index contributed by atoms with van der Waals surface area (Å²) in [4.78, 5) is 25.3. The second kappa shape index (κ2) is 6.54. The van der Waals surface area contributed by atoms with E-state index < -0.39 is 21.8 Å². The molecular formula is C15H16N4O4S. The van der Waals surface area contributed by atoms with Crippen LogP contribution in [0.2, 0.25) is 0 Å². The number of nitrogens with one attached hydrogen (secondary N) is 1. The van der Waals surface area contributed by atoms with Crippen LogP contribution in [0.25, 0.3) is 0 Å². The molecule has 1 aliphatic heterocycles. The van der Waals surface area contributed by atoms with E-state index in [9.17, 15) is 18.0 Å². The minimum Gasteiger partial charge on any atom is -0.273 e. The number of nitrogens with zero attached hydrogens (tertiary/aromatic N) is 3. The summed E-state index contributed by atoms with van der Waals surface area (Å²) in [5, 5.41) is 3.97. The molecule has 0 atom stereocenters. The van der Waals surface area contributed by atoms with Crippen molar-refractivity contribution in [1.82, 2.24) is 19.4 Å². The quantitative estimate of drug-likeness (QED) is 0.715. The summed E-state index contributed by atoms with van der Waals surface area (Å²) in [5.74, 6) is -1.25. The van der Waals surface area contributed by atoms with Crippen molar-refractivity contribution >= 4 is 21.8 Å². The number of rotatable bonds is 7. The molecule has 2 heterocycles. The van der Waals surface area contributed by atoms with E-state index in [1.54, 1.807) is 47.4 Å². The van der Waals surface area contributed by atoms with Crippen LogP contribution in [0, 0.1) is 0 Å². The van der Waals surface area contributed by atoms with Crippen LogP contribution in [0.3, 0.4) is 0 Å². The monoisotopic (exact) mass is 348 g/mol. The van der Waals surface area contributed by atoms with Gasteiger partial charge in [0.1, 0.15) is 0 Å². The van der Waals surface area contributed by atoms with Crippen LogP contribution >= 0.6 is 0 Å². The molecule has 0 saturated heterocycles. The maximum Gasteiger partial charge on any atom is 0.261 e. The van der Waals surface area contributed by atoms with Crippen LogP contribution in [0.4, 0.5) is 0 Å². The summed E-state index contributed by atoms with van der Waals surface area (Å²) in [6.07, 6.45) is 3.34. The van der Waals surface area contributed by atoms with Gasteiger partial charge in [0.2, 0.25) is 10.0 Å². The van der Waals surface area contributed by atoms with Gasteiger partial charge in [-0.25, -0.2) is 13.1 Å². The number of carbonyl (C=O) groups excluding carboxylic acids is 2. The topological polar surface area (TPSA) is 101 Å². The van der Waals surface area contributed by atoms with Crippen LogP contribution < -0.4 is 4.72 Å². The Labute approximate surface area is 139 Å². The summed E-state index contributed by atoms with van der Waals surface area (Å²) in [5.41, 5.74) is 0.623. The lowest BCUT2D eigenvalue weighted by atomic mass is 10.1. The molecular weight excluding hydrogens is 332 g/mol. The molecule has 9 heteroatoms. The molecule has 3 rings (SSSR count). The highest BCUT2D eigenvalue weighted by molar-refractivity contribution is 7.89. The number of amides is 2.